The lowest BCUT2D eigenvalue weighted by Gasteiger charge is -2.24. The maximum atomic E-state index is 12.1. The molecule has 1 aromatic carbocycles. The monoisotopic (exact) mass is 282 g/mol. The Morgan fingerprint density at radius 3 is 1.90 bits per heavy atom. The molecule has 5 nitrogen and oxygen atoms in total. The highest BCUT2D eigenvalue weighted by Crippen LogP contribution is 2.39. The fraction of sp³-hybridized carbons (Fsp3) is 0.214. The molecule has 96 valence electrons. The van der Waals surface area contributed by atoms with Crippen molar-refractivity contribution < 1.29 is 4.79 Å². The molecule has 0 aliphatic rings. The van der Waals surface area contributed by atoms with Crippen molar-refractivity contribution in [1.29, 1.82) is 21.0 Å². The predicted octanol–water partition coefficient (Wildman–Crippen LogP) is 2.32. The summed E-state index contributed by atoms with van der Waals surface area (Å²) >= 11 is 5.74. The molecule has 1 rings (SSSR count). The first kappa shape index (κ1) is 15.2. The molecule has 0 aromatic heterocycles. The van der Waals surface area contributed by atoms with Gasteiger partial charge >= 0.3 is 0 Å². The number of Topliss-reactive ketones (excluding diaryl/α,β-unsaturated/α-hetero) is 1. The van der Waals surface area contributed by atoms with Gasteiger partial charge in [-0.2, -0.15) is 21.0 Å². The van der Waals surface area contributed by atoms with Crippen LogP contribution in [0.15, 0.2) is 30.3 Å². The van der Waals surface area contributed by atoms with Crippen molar-refractivity contribution in [1.82, 2.24) is 0 Å². The average Bonchev–Trinajstić information content (AvgIpc) is 2.52. The SMILES string of the molecule is N#CC(Cl)(C#N)C(C#N)(C#N)CC(=O)c1ccccc1. The van der Waals surface area contributed by atoms with Crippen molar-refractivity contribution in [2.45, 2.75) is 11.3 Å². The van der Waals surface area contributed by atoms with E-state index >= 15 is 0 Å². The Bertz CT molecular complexity index is 657. The quantitative estimate of drug-likeness (QED) is 0.621. The summed E-state index contributed by atoms with van der Waals surface area (Å²) in [4.78, 5) is 9.68. The molecule has 6 heteroatoms. The van der Waals surface area contributed by atoms with Crippen molar-refractivity contribution >= 4 is 17.4 Å². The number of hydrogen-bond donors (Lipinski definition) is 0. The van der Waals surface area contributed by atoms with Crippen molar-refractivity contribution in [3.05, 3.63) is 35.9 Å². The first-order valence-electron chi connectivity index (χ1n) is 5.41. The van der Waals surface area contributed by atoms with Gasteiger partial charge in [0.05, 0.1) is 12.1 Å². The van der Waals surface area contributed by atoms with Crippen LogP contribution in [0.1, 0.15) is 16.8 Å². The summed E-state index contributed by atoms with van der Waals surface area (Å²) in [5, 5.41) is 36.2. The van der Waals surface area contributed by atoms with E-state index in [0.29, 0.717) is 0 Å². The fourth-order valence-electron chi connectivity index (χ4n) is 1.56. The van der Waals surface area contributed by atoms with Crippen LogP contribution in [0.2, 0.25) is 0 Å². The number of halogens is 1. The lowest BCUT2D eigenvalue weighted by Crippen LogP contribution is -2.41. The molecular formula is C14H7ClN4O. The molecule has 0 spiro atoms. The van der Waals surface area contributed by atoms with Gasteiger partial charge in [-0.05, 0) is 0 Å². The van der Waals surface area contributed by atoms with Gasteiger partial charge < -0.3 is 0 Å². The zero-order chi connectivity index (χ0) is 15.2. The third-order valence-electron chi connectivity index (χ3n) is 2.80. The van der Waals surface area contributed by atoms with Crippen LogP contribution >= 0.6 is 11.6 Å². The Morgan fingerprint density at radius 2 is 1.50 bits per heavy atom. The van der Waals surface area contributed by atoms with E-state index in [9.17, 15) is 4.79 Å². The van der Waals surface area contributed by atoms with Gasteiger partial charge in [0.2, 0.25) is 4.87 Å². The highest BCUT2D eigenvalue weighted by atomic mass is 35.5. The van der Waals surface area contributed by atoms with E-state index in [2.05, 4.69) is 0 Å². The summed E-state index contributed by atoms with van der Waals surface area (Å²) in [5.41, 5.74) is -1.96. The van der Waals surface area contributed by atoms with Crippen molar-refractivity contribution in [2.75, 3.05) is 0 Å². The number of alkyl halides is 1. The number of carbonyl (C=O) groups excluding carboxylic acids is 1. The summed E-state index contributed by atoms with van der Waals surface area (Å²) in [5.74, 6) is -0.538. The highest BCUT2D eigenvalue weighted by Gasteiger charge is 2.55. The number of benzene rings is 1. The number of ketones is 1. The van der Waals surface area contributed by atoms with Crippen LogP contribution in [-0.2, 0) is 0 Å². The molecular weight excluding hydrogens is 276 g/mol. The molecule has 0 fully saturated rings. The molecule has 1 aromatic rings. The molecule has 0 heterocycles. The second kappa shape index (κ2) is 5.85. The molecule has 0 N–H and O–H groups in total. The van der Waals surface area contributed by atoms with E-state index in [1.165, 1.54) is 24.3 Å². The van der Waals surface area contributed by atoms with E-state index in [1.54, 1.807) is 30.3 Å². The molecule has 20 heavy (non-hydrogen) atoms. The topological polar surface area (TPSA) is 112 Å². The Balaban J connectivity index is 3.24. The largest absolute Gasteiger partial charge is 0.294 e. The Labute approximate surface area is 120 Å². The first-order valence-corrected chi connectivity index (χ1v) is 5.78. The van der Waals surface area contributed by atoms with Crippen LogP contribution < -0.4 is 0 Å². The number of hydrogen-bond acceptors (Lipinski definition) is 5. The van der Waals surface area contributed by atoms with Crippen molar-refractivity contribution in [3.8, 4) is 24.3 Å². The zero-order valence-electron chi connectivity index (χ0n) is 10.2. The van der Waals surface area contributed by atoms with Gasteiger partial charge in [-0.25, -0.2) is 0 Å². The van der Waals surface area contributed by atoms with E-state index in [4.69, 9.17) is 32.6 Å². The van der Waals surface area contributed by atoms with Crippen LogP contribution in [-0.4, -0.2) is 10.7 Å². The normalized spacial score (nSPS) is 10.4. The smallest absolute Gasteiger partial charge is 0.247 e. The summed E-state index contributed by atoms with van der Waals surface area (Å²) in [6, 6.07) is 13.9. The van der Waals surface area contributed by atoms with Gasteiger partial charge in [-0.1, -0.05) is 41.9 Å². The van der Waals surface area contributed by atoms with Crippen LogP contribution in [0.25, 0.3) is 0 Å². The minimum atomic E-state index is -2.40. The van der Waals surface area contributed by atoms with Crippen molar-refractivity contribution in [3.63, 3.8) is 0 Å². The van der Waals surface area contributed by atoms with Crippen LogP contribution in [0.5, 0.6) is 0 Å². The number of carbonyl (C=O) groups is 1. The highest BCUT2D eigenvalue weighted by molar-refractivity contribution is 6.29. The van der Waals surface area contributed by atoms with Gasteiger partial charge in [0.1, 0.15) is 12.1 Å². The van der Waals surface area contributed by atoms with E-state index in [1.807, 2.05) is 0 Å². The van der Waals surface area contributed by atoms with E-state index in [0.717, 1.165) is 0 Å². The number of rotatable bonds is 4. The maximum absolute atomic E-state index is 12.1. The van der Waals surface area contributed by atoms with Gasteiger partial charge in [0.15, 0.2) is 11.2 Å². The fourth-order valence-corrected chi connectivity index (χ4v) is 1.71. The second-order valence-electron chi connectivity index (χ2n) is 3.98. The molecule has 0 unspecified atom stereocenters. The zero-order valence-corrected chi connectivity index (χ0v) is 10.9. The third kappa shape index (κ3) is 2.45. The van der Waals surface area contributed by atoms with Crippen LogP contribution in [0.3, 0.4) is 0 Å². The Hall–Kier alpha value is -2.86. The van der Waals surface area contributed by atoms with Gasteiger partial charge in [0.25, 0.3) is 0 Å². The minimum absolute atomic E-state index is 0.275. The molecule has 0 saturated heterocycles. The van der Waals surface area contributed by atoms with Crippen LogP contribution in [0, 0.1) is 50.7 Å². The molecule has 0 saturated carbocycles. The van der Waals surface area contributed by atoms with E-state index in [-0.39, 0.29) is 5.56 Å². The standard InChI is InChI=1S/C14H7ClN4O/c15-14(9-18,10-19)13(7-16,8-17)6-12(20)11-4-2-1-3-5-11/h1-5H,6H2. The van der Waals surface area contributed by atoms with E-state index < -0.39 is 22.5 Å². The summed E-state index contributed by atoms with van der Waals surface area (Å²) in [6.07, 6.45) is -0.630. The summed E-state index contributed by atoms with van der Waals surface area (Å²) < 4.78 is 0. The van der Waals surface area contributed by atoms with Gasteiger partial charge in [0, 0.05) is 12.0 Å². The molecule has 0 aliphatic heterocycles. The second-order valence-corrected chi connectivity index (χ2v) is 4.54. The molecule has 0 atom stereocenters. The molecule has 0 aliphatic carbocycles. The Morgan fingerprint density at radius 1 is 1.00 bits per heavy atom. The Kier molecular flexibility index (Phi) is 4.45. The number of nitrogens with zero attached hydrogens (tertiary/aromatic N) is 4. The van der Waals surface area contributed by atoms with Crippen LogP contribution in [0.4, 0.5) is 0 Å². The third-order valence-corrected chi connectivity index (χ3v) is 3.29. The molecule has 0 amide bonds. The lowest BCUT2D eigenvalue weighted by molar-refractivity contribution is 0.0953. The first-order chi connectivity index (χ1) is 9.48. The molecule has 0 radical (unpaired) electrons. The van der Waals surface area contributed by atoms with Crippen molar-refractivity contribution in [2.24, 2.45) is 5.41 Å². The summed E-state index contributed by atoms with van der Waals surface area (Å²) in [7, 11) is 0. The van der Waals surface area contributed by atoms with Gasteiger partial charge in [-0.15, -0.1) is 0 Å². The number of nitriles is 4. The minimum Gasteiger partial charge on any atom is -0.294 e. The average molecular weight is 283 g/mol. The molecule has 0 bridgehead atoms. The summed E-state index contributed by atoms with van der Waals surface area (Å²) in [6.45, 7) is 0. The lowest BCUT2D eigenvalue weighted by atomic mass is 9.74. The maximum Gasteiger partial charge on any atom is 0.247 e. The predicted molar refractivity (Wildman–Crippen MR) is 68.9 cm³/mol. The van der Waals surface area contributed by atoms with Gasteiger partial charge in [-0.3, -0.25) is 4.79 Å².